The smallest absolute Gasteiger partial charge is 0.282 e. The minimum atomic E-state index is -2.81. The molecule has 2 aliphatic rings. The number of hydrogen-bond donors (Lipinski definition) is 2. The Hall–Kier alpha value is -0.360. The molecule has 1 amide bonds. The minimum absolute atomic E-state index is 0.236. The molecule has 1 heterocycles. The maximum absolute atomic E-state index is 13.3. The first-order valence-electron chi connectivity index (χ1n) is 5.31. The molecule has 2 atom stereocenters. The van der Waals surface area contributed by atoms with Crippen molar-refractivity contribution in [1.82, 2.24) is 5.32 Å². The summed E-state index contributed by atoms with van der Waals surface area (Å²) in [7, 11) is 0. The number of alkyl halides is 2. The second-order valence-corrected chi connectivity index (χ2v) is 5.11. The highest BCUT2D eigenvalue weighted by molar-refractivity contribution is 7.80. The van der Waals surface area contributed by atoms with Gasteiger partial charge in [-0.05, 0) is 19.1 Å². The second-order valence-electron chi connectivity index (χ2n) is 4.66. The van der Waals surface area contributed by atoms with Gasteiger partial charge in [0.25, 0.3) is 5.92 Å². The summed E-state index contributed by atoms with van der Waals surface area (Å²) in [6.07, 6.45) is 0.374. The molecule has 1 aliphatic heterocycles. The highest BCUT2D eigenvalue weighted by Gasteiger charge is 2.82. The lowest BCUT2D eigenvalue weighted by molar-refractivity contribution is -0.125. The molecule has 1 aliphatic carbocycles. The number of ether oxygens (including phenoxy) is 1. The Labute approximate surface area is 98.3 Å². The van der Waals surface area contributed by atoms with Gasteiger partial charge in [-0.15, -0.1) is 0 Å². The molecule has 0 radical (unpaired) electrons. The lowest BCUT2D eigenvalue weighted by Gasteiger charge is -2.31. The van der Waals surface area contributed by atoms with Crippen LogP contribution in [0.3, 0.4) is 0 Å². The van der Waals surface area contributed by atoms with E-state index in [1.54, 1.807) is 6.92 Å². The van der Waals surface area contributed by atoms with E-state index >= 15 is 0 Å². The van der Waals surface area contributed by atoms with E-state index < -0.39 is 17.1 Å². The summed E-state index contributed by atoms with van der Waals surface area (Å²) < 4.78 is 31.8. The van der Waals surface area contributed by atoms with Crippen LogP contribution in [0.15, 0.2) is 0 Å². The van der Waals surface area contributed by atoms with Crippen molar-refractivity contribution in [2.75, 3.05) is 12.4 Å². The van der Waals surface area contributed by atoms with E-state index in [-0.39, 0.29) is 25.4 Å². The van der Waals surface area contributed by atoms with E-state index in [4.69, 9.17) is 4.74 Å². The van der Waals surface area contributed by atoms with Gasteiger partial charge in [0.1, 0.15) is 0 Å². The van der Waals surface area contributed by atoms with Gasteiger partial charge in [0.2, 0.25) is 5.91 Å². The van der Waals surface area contributed by atoms with Crippen molar-refractivity contribution in [2.24, 2.45) is 0 Å². The first-order valence-corrected chi connectivity index (χ1v) is 5.94. The molecule has 3 nitrogen and oxygen atoms in total. The van der Waals surface area contributed by atoms with Crippen LogP contribution in [-0.4, -0.2) is 35.3 Å². The zero-order valence-corrected chi connectivity index (χ0v) is 9.95. The summed E-state index contributed by atoms with van der Waals surface area (Å²) >= 11 is 3.94. The van der Waals surface area contributed by atoms with Crippen molar-refractivity contribution in [3.8, 4) is 0 Å². The van der Waals surface area contributed by atoms with E-state index in [2.05, 4.69) is 17.9 Å². The minimum Gasteiger partial charge on any atom is -0.366 e. The molecule has 16 heavy (non-hydrogen) atoms. The molecule has 2 unspecified atom stereocenters. The molecule has 0 aromatic carbocycles. The number of rotatable bonds is 3. The summed E-state index contributed by atoms with van der Waals surface area (Å²) in [6.45, 7) is 1.91. The van der Waals surface area contributed by atoms with Crippen LogP contribution in [0.1, 0.15) is 26.2 Å². The molecule has 1 spiro atoms. The van der Waals surface area contributed by atoms with Crippen LogP contribution >= 0.6 is 12.6 Å². The molecule has 1 saturated carbocycles. The van der Waals surface area contributed by atoms with Crippen LogP contribution in [0.2, 0.25) is 0 Å². The molecule has 6 heteroatoms. The average Bonchev–Trinajstić information content (AvgIpc) is 2.55. The van der Waals surface area contributed by atoms with Gasteiger partial charge in [-0.1, -0.05) is 0 Å². The third-order valence-electron chi connectivity index (χ3n) is 3.53. The fourth-order valence-corrected chi connectivity index (χ4v) is 2.65. The second kappa shape index (κ2) is 3.57. The predicted molar refractivity (Wildman–Crippen MR) is 57.9 cm³/mol. The summed E-state index contributed by atoms with van der Waals surface area (Å²) in [6, 6.07) is 0. The van der Waals surface area contributed by atoms with Gasteiger partial charge in [0, 0.05) is 6.42 Å². The molecule has 92 valence electrons. The average molecular weight is 251 g/mol. The molecule has 2 rings (SSSR count). The monoisotopic (exact) mass is 251 g/mol. The Balaban J connectivity index is 2.10. The van der Waals surface area contributed by atoms with Crippen molar-refractivity contribution < 1.29 is 18.3 Å². The fourth-order valence-electron chi connectivity index (χ4n) is 2.45. The number of carbonyl (C=O) groups is 1. The Morgan fingerprint density at radius 1 is 1.56 bits per heavy atom. The maximum Gasteiger partial charge on any atom is 0.282 e. The van der Waals surface area contributed by atoms with Crippen LogP contribution in [-0.2, 0) is 9.53 Å². The van der Waals surface area contributed by atoms with Crippen LogP contribution in [0.5, 0.6) is 0 Å². The number of amides is 1. The molecular weight excluding hydrogens is 236 g/mol. The molecule has 0 bridgehead atoms. The SMILES string of the molecule is CC1(NC(=O)CCS)CCOC12CC2(F)F. The predicted octanol–water partition coefficient (Wildman–Crippen LogP) is 1.38. The quantitative estimate of drug-likeness (QED) is 0.744. The Morgan fingerprint density at radius 2 is 2.19 bits per heavy atom. The highest BCUT2D eigenvalue weighted by Crippen LogP contribution is 2.64. The van der Waals surface area contributed by atoms with Gasteiger partial charge in [-0.2, -0.15) is 12.6 Å². The molecular formula is C10H15F2NO2S. The summed E-state index contributed by atoms with van der Waals surface area (Å²) in [5.41, 5.74) is -2.41. The van der Waals surface area contributed by atoms with Gasteiger partial charge >= 0.3 is 0 Å². The standard InChI is InChI=1S/C10H15F2NO2S/c1-8(13-7(14)2-5-16)3-4-15-9(8)6-10(9,11)12/h16H,2-6H2,1H3,(H,13,14). The summed E-state index contributed by atoms with van der Waals surface area (Å²) in [5.74, 6) is -2.65. The molecule has 0 aromatic heterocycles. The summed E-state index contributed by atoms with van der Waals surface area (Å²) in [4.78, 5) is 11.5. The Morgan fingerprint density at radius 3 is 2.69 bits per heavy atom. The first kappa shape index (κ1) is 12.1. The van der Waals surface area contributed by atoms with E-state index in [9.17, 15) is 13.6 Å². The van der Waals surface area contributed by atoms with Gasteiger partial charge in [-0.3, -0.25) is 4.79 Å². The lowest BCUT2D eigenvalue weighted by atomic mass is 9.90. The highest BCUT2D eigenvalue weighted by atomic mass is 32.1. The van der Waals surface area contributed by atoms with Crippen molar-refractivity contribution in [3.63, 3.8) is 0 Å². The Kier molecular flexibility index (Phi) is 2.70. The van der Waals surface area contributed by atoms with Crippen LogP contribution in [0.25, 0.3) is 0 Å². The van der Waals surface area contributed by atoms with Crippen molar-refractivity contribution >= 4 is 18.5 Å². The van der Waals surface area contributed by atoms with E-state index in [0.29, 0.717) is 12.2 Å². The third kappa shape index (κ3) is 1.54. The van der Waals surface area contributed by atoms with E-state index in [1.807, 2.05) is 0 Å². The molecule has 2 fully saturated rings. The lowest BCUT2D eigenvalue weighted by Crippen LogP contribution is -2.55. The van der Waals surface area contributed by atoms with Gasteiger partial charge in [-0.25, -0.2) is 8.78 Å². The number of thiol groups is 1. The van der Waals surface area contributed by atoms with Gasteiger partial charge in [0.15, 0.2) is 5.60 Å². The zero-order valence-electron chi connectivity index (χ0n) is 9.06. The van der Waals surface area contributed by atoms with E-state index in [1.165, 1.54) is 0 Å². The van der Waals surface area contributed by atoms with Gasteiger partial charge < -0.3 is 10.1 Å². The maximum atomic E-state index is 13.3. The third-order valence-corrected chi connectivity index (χ3v) is 3.76. The first-order chi connectivity index (χ1) is 7.37. The zero-order chi connectivity index (χ0) is 12.0. The molecule has 1 N–H and O–H groups in total. The molecule has 1 saturated heterocycles. The van der Waals surface area contributed by atoms with Crippen LogP contribution < -0.4 is 5.32 Å². The topological polar surface area (TPSA) is 38.3 Å². The van der Waals surface area contributed by atoms with Crippen molar-refractivity contribution in [2.45, 2.75) is 43.2 Å². The number of carbonyl (C=O) groups excluding carboxylic acids is 1. The van der Waals surface area contributed by atoms with E-state index in [0.717, 1.165) is 0 Å². The molecule has 0 aromatic rings. The van der Waals surface area contributed by atoms with Crippen molar-refractivity contribution in [1.29, 1.82) is 0 Å². The largest absolute Gasteiger partial charge is 0.366 e. The number of nitrogens with one attached hydrogen (secondary N) is 1. The van der Waals surface area contributed by atoms with Gasteiger partial charge in [0.05, 0.1) is 18.6 Å². The fraction of sp³-hybridized carbons (Fsp3) is 0.900. The van der Waals surface area contributed by atoms with Crippen LogP contribution in [0.4, 0.5) is 8.78 Å². The number of hydrogen-bond acceptors (Lipinski definition) is 3. The number of halogens is 2. The van der Waals surface area contributed by atoms with Crippen LogP contribution in [0, 0.1) is 0 Å². The van der Waals surface area contributed by atoms with Crippen molar-refractivity contribution in [3.05, 3.63) is 0 Å². The Bertz CT molecular complexity index is 322. The normalized spacial score (nSPS) is 40.0. The summed E-state index contributed by atoms with van der Waals surface area (Å²) in [5, 5.41) is 2.67.